The first kappa shape index (κ1) is 18.7. The average Bonchev–Trinajstić information content (AvgIpc) is 2.68. The van der Waals surface area contributed by atoms with Gasteiger partial charge in [0.2, 0.25) is 11.8 Å². The second kappa shape index (κ2) is 9.00. The standard InChI is InChI=1S/C19H17BrN4O3/c1-26-18-13(4-3-9-21-18)11-23-19(25)24-15-7-8-17(22-12-15)27-16-6-2-5-14(20)10-16/h2-10,12H,11H2,1H3,(H2,23,24,25). The zero-order chi connectivity index (χ0) is 19.1. The summed E-state index contributed by atoms with van der Waals surface area (Å²) < 4.78 is 11.7. The van der Waals surface area contributed by atoms with Crippen LogP contribution in [0.4, 0.5) is 10.5 Å². The highest BCUT2D eigenvalue weighted by atomic mass is 79.9. The Morgan fingerprint density at radius 1 is 1.15 bits per heavy atom. The van der Waals surface area contributed by atoms with Gasteiger partial charge in [-0.1, -0.05) is 28.1 Å². The summed E-state index contributed by atoms with van der Waals surface area (Å²) in [6, 6.07) is 14.1. The highest BCUT2D eigenvalue weighted by molar-refractivity contribution is 9.10. The maximum Gasteiger partial charge on any atom is 0.319 e. The number of anilines is 1. The molecule has 0 saturated carbocycles. The van der Waals surface area contributed by atoms with Crippen LogP contribution in [0.25, 0.3) is 0 Å². The highest BCUT2D eigenvalue weighted by Gasteiger charge is 2.07. The SMILES string of the molecule is COc1ncccc1CNC(=O)Nc1ccc(Oc2cccc(Br)c2)nc1. The molecule has 0 aliphatic rings. The van der Waals surface area contributed by atoms with Gasteiger partial charge in [0.1, 0.15) is 5.75 Å². The van der Waals surface area contributed by atoms with Crippen LogP contribution in [0.15, 0.2) is 65.4 Å². The summed E-state index contributed by atoms with van der Waals surface area (Å²) in [6.45, 7) is 0.292. The molecule has 0 fully saturated rings. The number of halogens is 1. The van der Waals surface area contributed by atoms with Crippen molar-refractivity contribution in [2.45, 2.75) is 6.54 Å². The number of hydrogen-bond acceptors (Lipinski definition) is 5. The van der Waals surface area contributed by atoms with E-state index in [-0.39, 0.29) is 6.03 Å². The molecule has 8 heteroatoms. The Hall–Kier alpha value is -3.13. The van der Waals surface area contributed by atoms with Gasteiger partial charge in [0.15, 0.2) is 0 Å². The van der Waals surface area contributed by atoms with Crippen LogP contribution in [0, 0.1) is 0 Å². The number of nitrogens with one attached hydrogen (secondary N) is 2. The molecule has 2 aromatic heterocycles. The number of amides is 2. The minimum atomic E-state index is -0.358. The molecule has 0 atom stereocenters. The van der Waals surface area contributed by atoms with Gasteiger partial charge in [-0.2, -0.15) is 0 Å². The van der Waals surface area contributed by atoms with Gasteiger partial charge >= 0.3 is 6.03 Å². The third-order valence-corrected chi connectivity index (χ3v) is 3.99. The van der Waals surface area contributed by atoms with Gasteiger partial charge in [0, 0.05) is 28.8 Å². The van der Waals surface area contributed by atoms with Crippen molar-refractivity contribution in [1.82, 2.24) is 15.3 Å². The normalized spacial score (nSPS) is 10.1. The maximum absolute atomic E-state index is 12.1. The Bertz CT molecular complexity index is 919. The molecule has 0 unspecified atom stereocenters. The van der Waals surface area contributed by atoms with Gasteiger partial charge in [-0.3, -0.25) is 0 Å². The molecule has 2 amide bonds. The van der Waals surface area contributed by atoms with Gasteiger partial charge in [-0.15, -0.1) is 0 Å². The molecule has 0 aliphatic heterocycles. The van der Waals surface area contributed by atoms with Crippen molar-refractivity contribution in [3.8, 4) is 17.5 Å². The highest BCUT2D eigenvalue weighted by Crippen LogP contribution is 2.23. The molecule has 7 nitrogen and oxygen atoms in total. The van der Waals surface area contributed by atoms with Gasteiger partial charge in [-0.05, 0) is 30.3 Å². The van der Waals surface area contributed by atoms with Gasteiger partial charge < -0.3 is 20.1 Å². The lowest BCUT2D eigenvalue weighted by Gasteiger charge is -2.10. The number of ether oxygens (including phenoxy) is 2. The minimum absolute atomic E-state index is 0.292. The third-order valence-electron chi connectivity index (χ3n) is 3.50. The van der Waals surface area contributed by atoms with Crippen LogP contribution >= 0.6 is 15.9 Å². The third kappa shape index (κ3) is 5.42. The van der Waals surface area contributed by atoms with E-state index in [9.17, 15) is 4.79 Å². The molecule has 3 aromatic rings. The number of urea groups is 1. The first-order valence-corrected chi connectivity index (χ1v) is 8.85. The predicted octanol–water partition coefficient (Wildman–Crippen LogP) is 4.36. The summed E-state index contributed by atoms with van der Waals surface area (Å²) in [6.07, 6.45) is 3.16. The summed E-state index contributed by atoms with van der Waals surface area (Å²) in [4.78, 5) is 20.3. The number of rotatable bonds is 6. The average molecular weight is 429 g/mol. The van der Waals surface area contributed by atoms with Crippen molar-refractivity contribution < 1.29 is 14.3 Å². The molecular weight excluding hydrogens is 412 g/mol. The number of carbonyl (C=O) groups excluding carboxylic acids is 1. The predicted molar refractivity (Wildman–Crippen MR) is 105 cm³/mol. The summed E-state index contributed by atoms with van der Waals surface area (Å²) in [5, 5.41) is 5.46. The fraction of sp³-hybridized carbons (Fsp3) is 0.105. The number of nitrogens with zero attached hydrogens (tertiary/aromatic N) is 2. The molecule has 0 saturated heterocycles. The van der Waals surface area contributed by atoms with E-state index < -0.39 is 0 Å². The van der Waals surface area contributed by atoms with E-state index in [0.29, 0.717) is 29.7 Å². The Balaban J connectivity index is 1.54. The molecule has 3 rings (SSSR count). The Morgan fingerprint density at radius 3 is 2.78 bits per heavy atom. The Morgan fingerprint density at radius 2 is 2.04 bits per heavy atom. The Kier molecular flexibility index (Phi) is 6.22. The largest absolute Gasteiger partial charge is 0.481 e. The molecule has 27 heavy (non-hydrogen) atoms. The maximum atomic E-state index is 12.1. The van der Waals surface area contributed by atoms with Crippen molar-refractivity contribution >= 4 is 27.6 Å². The van der Waals surface area contributed by atoms with Crippen molar-refractivity contribution in [1.29, 1.82) is 0 Å². The van der Waals surface area contributed by atoms with Crippen molar-refractivity contribution in [2.24, 2.45) is 0 Å². The van der Waals surface area contributed by atoms with Gasteiger partial charge in [0.05, 0.1) is 19.0 Å². The molecule has 0 bridgehead atoms. The first-order chi connectivity index (χ1) is 13.1. The van der Waals surface area contributed by atoms with Crippen LogP contribution in [0.1, 0.15) is 5.56 Å². The fourth-order valence-corrected chi connectivity index (χ4v) is 2.64. The van der Waals surface area contributed by atoms with Crippen LogP contribution in [0.3, 0.4) is 0 Å². The van der Waals surface area contributed by atoms with E-state index >= 15 is 0 Å². The molecular formula is C19H17BrN4O3. The summed E-state index contributed by atoms with van der Waals surface area (Å²) >= 11 is 3.39. The lowest BCUT2D eigenvalue weighted by atomic mass is 10.3. The zero-order valence-corrected chi connectivity index (χ0v) is 16.1. The molecule has 1 aromatic carbocycles. The number of aromatic nitrogens is 2. The van der Waals surface area contributed by atoms with E-state index in [1.807, 2.05) is 30.3 Å². The number of carbonyl (C=O) groups is 1. The lowest BCUT2D eigenvalue weighted by Crippen LogP contribution is -2.28. The van der Waals surface area contributed by atoms with E-state index in [2.05, 4.69) is 36.5 Å². The van der Waals surface area contributed by atoms with Gasteiger partial charge in [-0.25, -0.2) is 14.8 Å². The summed E-state index contributed by atoms with van der Waals surface area (Å²) in [5.74, 6) is 1.58. The Labute approximate surface area is 164 Å². The second-order valence-electron chi connectivity index (χ2n) is 5.42. The fourth-order valence-electron chi connectivity index (χ4n) is 2.26. The molecule has 0 aliphatic carbocycles. The van der Waals surface area contributed by atoms with Crippen LogP contribution in [0.2, 0.25) is 0 Å². The molecule has 2 heterocycles. The number of methoxy groups -OCH3 is 1. The van der Waals surface area contributed by atoms with Gasteiger partial charge in [0.25, 0.3) is 0 Å². The van der Waals surface area contributed by atoms with E-state index in [4.69, 9.17) is 9.47 Å². The van der Waals surface area contributed by atoms with Crippen LogP contribution in [-0.4, -0.2) is 23.1 Å². The van der Waals surface area contributed by atoms with Crippen LogP contribution in [-0.2, 0) is 6.54 Å². The van der Waals surface area contributed by atoms with Crippen molar-refractivity contribution in [3.63, 3.8) is 0 Å². The van der Waals surface area contributed by atoms with Crippen molar-refractivity contribution in [3.05, 3.63) is 71.0 Å². The van der Waals surface area contributed by atoms with Crippen LogP contribution < -0.4 is 20.1 Å². The zero-order valence-electron chi connectivity index (χ0n) is 14.5. The first-order valence-electron chi connectivity index (χ1n) is 8.06. The summed E-state index contributed by atoms with van der Waals surface area (Å²) in [7, 11) is 1.54. The number of benzene rings is 1. The molecule has 138 valence electrons. The lowest BCUT2D eigenvalue weighted by molar-refractivity contribution is 0.251. The van der Waals surface area contributed by atoms with E-state index in [0.717, 1.165) is 10.0 Å². The molecule has 0 radical (unpaired) electrons. The molecule has 0 spiro atoms. The smallest absolute Gasteiger partial charge is 0.319 e. The number of pyridine rings is 2. The number of hydrogen-bond donors (Lipinski definition) is 2. The van der Waals surface area contributed by atoms with Crippen LogP contribution in [0.5, 0.6) is 17.5 Å². The monoisotopic (exact) mass is 428 g/mol. The molecule has 2 N–H and O–H groups in total. The topological polar surface area (TPSA) is 85.4 Å². The second-order valence-corrected chi connectivity index (χ2v) is 6.34. The quantitative estimate of drug-likeness (QED) is 0.608. The minimum Gasteiger partial charge on any atom is -0.481 e. The van der Waals surface area contributed by atoms with Crippen molar-refractivity contribution in [2.75, 3.05) is 12.4 Å². The van der Waals surface area contributed by atoms with E-state index in [1.165, 1.54) is 13.3 Å². The van der Waals surface area contributed by atoms with E-state index in [1.54, 1.807) is 24.4 Å². The summed E-state index contributed by atoms with van der Waals surface area (Å²) in [5.41, 5.74) is 1.33.